The van der Waals surface area contributed by atoms with Crippen LogP contribution in [0.25, 0.3) is 11.3 Å². The lowest BCUT2D eigenvalue weighted by molar-refractivity contribution is -0.122. The van der Waals surface area contributed by atoms with E-state index in [1.54, 1.807) is 0 Å². The van der Waals surface area contributed by atoms with Crippen LogP contribution in [-0.2, 0) is 14.3 Å². The lowest BCUT2D eigenvalue weighted by atomic mass is 10.0. The van der Waals surface area contributed by atoms with Crippen molar-refractivity contribution in [2.24, 2.45) is 0 Å². The van der Waals surface area contributed by atoms with Gasteiger partial charge in [0.25, 0.3) is 5.91 Å². The van der Waals surface area contributed by atoms with Crippen molar-refractivity contribution in [3.05, 3.63) is 65.5 Å². The standard InChI is InChI=1S/C19H16FNO3/c1-3-24-18(13-7-5-4-6-8-13)17-15-10-9-14(20)11-16(15)21(12(2)22)19(17)23/h4-11H,3H2,1-2H3/b18-17+. The summed E-state index contributed by atoms with van der Waals surface area (Å²) in [4.78, 5) is 25.7. The van der Waals surface area contributed by atoms with E-state index in [0.29, 0.717) is 17.9 Å². The fourth-order valence-electron chi connectivity index (χ4n) is 2.80. The van der Waals surface area contributed by atoms with Crippen LogP contribution in [0.4, 0.5) is 10.1 Å². The van der Waals surface area contributed by atoms with Crippen molar-refractivity contribution in [3.8, 4) is 0 Å². The molecule has 0 bridgehead atoms. The molecule has 0 saturated carbocycles. The number of halogens is 1. The highest BCUT2D eigenvalue weighted by Crippen LogP contribution is 2.41. The van der Waals surface area contributed by atoms with Crippen molar-refractivity contribution in [2.75, 3.05) is 11.5 Å². The van der Waals surface area contributed by atoms with Gasteiger partial charge in [-0.05, 0) is 25.1 Å². The van der Waals surface area contributed by atoms with E-state index in [-0.39, 0.29) is 11.3 Å². The van der Waals surface area contributed by atoms with Gasteiger partial charge in [-0.25, -0.2) is 9.29 Å². The Balaban J connectivity index is 2.29. The predicted octanol–water partition coefficient (Wildman–Crippen LogP) is 3.62. The highest BCUT2D eigenvalue weighted by atomic mass is 19.1. The molecule has 1 heterocycles. The number of hydrogen-bond acceptors (Lipinski definition) is 3. The fourth-order valence-corrected chi connectivity index (χ4v) is 2.80. The Bertz CT molecular complexity index is 843. The van der Waals surface area contributed by atoms with Gasteiger partial charge in [0.1, 0.15) is 11.6 Å². The van der Waals surface area contributed by atoms with Gasteiger partial charge in [-0.2, -0.15) is 0 Å². The number of amides is 2. The van der Waals surface area contributed by atoms with E-state index in [0.717, 1.165) is 10.5 Å². The molecule has 0 fully saturated rings. The topological polar surface area (TPSA) is 46.6 Å². The molecule has 0 aromatic heterocycles. The summed E-state index contributed by atoms with van der Waals surface area (Å²) in [5.41, 5.74) is 1.73. The maximum absolute atomic E-state index is 13.6. The zero-order valence-corrected chi connectivity index (χ0v) is 13.4. The molecule has 5 heteroatoms. The summed E-state index contributed by atoms with van der Waals surface area (Å²) in [6, 6.07) is 13.1. The molecule has 24 heavy (non-hydrogen) atoms. The second-order valence-electron chi connectivity index (χ2n) is 5.32. The second-order valence-corrected chi connectivity index (χ2v) is 5.32. The Kier molecular flexibility index (Phi) is 4.16. The monoisotopic (exact) mass is 325 g/mol. The van der Waals surface area contributed by atoms with Crippen LogP contribution in [-0.4, -0.2) is 18.4 Å². The Morgan fingerprint density at radius 2 is 1.88 bits per heavy atom. The summed E-state index contributed by atoms with van der Waals surface area (Å²) in [5, 5.41) is 0. The summed E-state index contributed by atoms with van der Waals surface area (Å²) in [7, 11) is 0. The number of hydrogen-bond donors (Lipinski definition) is 0. The normalized spacial score (nSPS) is 15.3. The highest BCUT2D eigenvalue weighted by molar-refractivity contribution is 6.42. The maximum atomic E-state index is 13.6. The van der Waals surface area contributed by atoms with Gasteiger partial charge in [0.05, 0.1) is 17.9 Å². The quantitative estimate of drug-likeness (QED) is 0.639. The van der Waals surface area contributed by atoms with E-state index in [1.807, 2.05) is 37.3 Å². The molecule has 1 aliphatic heterocycles. The molecule has 0 unspecified atom stereocenters. The minimum absolute atomic E-state index is 0.246. The van der Waals surface area contributed by atoms with Crippen molar-refractivity contribution in [1.82, 2.24) is 0 Å². The molecule has 4 nitrogen and oxygen atoms in total. The lowest BCUT2D eigenvalue weighted by Crippen LogP contribution is -2.31. The molecule has 0 atom stereocenters. The van der Waals surface area contributed by atoms with Crippen molar-refractivity contribution in [2.45, 2.75) is 13.8 Å². The number of imide groups is 1. The number of carbonyl (C=O) groups is 2. The molecule has 3 rings (SSSR count). The van der Waals surface area contributed by atoms with E-state index >= 15 is 0 Å². The van der Waals surface area contributed by atoms with Gasteiger partial charge in [-0.3, -0.25) is 9.59 Å². The van der Waals surface area contributed by atoms with E-state index in [1.165, 1.54) is 25.1 Å². The molecule has 0 aliphatic carbocycles. The number of anilines is 1. The average molecular weight is 325 g/mol. The number of carbonyl (C=O) groups excluding carboxylic acids is 2. The first-order chi connectivity index (χ1) is 11.5. The minimum atomic E-state index is -0.508. The smallest absolute Gasteiger partial charge is 0.269 e. The Hall–Kier alpha value is -2.95. The van der Waals surface area contributed by atoms with Crippen LogP contribution in [0.1, 0.15) is 25.0 Å². The average Bonchev–Trinajstić information content (AvgIpc) is 2.84. The highest BCUT2D eigenvalue weighted by Gasteiger charge is 2.38. The zero-order valence-electron chi connectivity index (χ0n) is 13.4. The van der Waals surface area contributed by atoms with E-state index in [2.05, 4.69) is 0 Å². The molecule has 0 radical (unpaired) electrons. The van der Waals surface area contributed by atoms with Gasteiger partial charge in [0, 0.05) is 18.1 Å². The van der Waals surface area contributed by atoms with Gasteiger partial charge in [-0.1, -0.05) is 30.3 Å². The third-order valence-electron chi connectivity index (χ3n) is 3.75. The predicted molar refractivity (Wildman–Crippen MR) is 89.4 cm³/mol. The van der Waals surface area contributed by atoms with Crippen molar-refractivity contribution in [1.29, 1.82) is 0 Å². The number of nitrogens with zero attached hydrogens (tertiary/aromatic N) is 1. The molecule has 2 aromatic carbocycles. The van der Waals surface area contributed by atoms with E-state index in [9.17, 15) is 14.0 Å². The van der Waals surface area contributed by atoms with Crippen LogP contribution in [0, 0.1) is 5.82 Å². The van der Waals surface area contributed by atoms with Crippen LogP contribution in [0.2, 0.25) is 0 Å². The molecule has 0 N–H and O–H groups in total. The summed E-state index contributed by atoms with van der Waals surface area (Å²) < 4.78 is 19.4. The number of rotatable bonds is 3. The molecular formula is C19H16FNO3. The van der Waals surface area contributed by atoms with Crippen molar-refractivity contribution >= 4 is 28.8 Å². The summed E-state index contributed by atoms with van der Waals surface area (Å²) >= 11 is 0. The number of benzene rings is 2. The van der Waals surface area contributed by atoms with Gasteiger partial charge in [0.15, 0.2) is 0 Å². The van der Waals surface area contributed by atoms with Gasteiger partial charge in [-0.15, -0.1) is 0 Å². The summed E-state index contributed by atoms with van der Waals surface area (Å²) in [6.45, 7) is 3.45. The summed E-state index contributed by atoms with van der Waals surface area (Å²) in [5.74, 6) is -1.09. The molecule has 2 amide bonds. The first-order valence-corrected chi connectivity index (χ1v) is 7.62. The first kappa shape index (κ1) is 15.9. The van der Waals surface area contributed by atoms with Crippen molar-refractivity contribution < 1.29 is 18.7 Å². The summed E-state index contributed by atoms with van der Waals surface area (Å²) in [6.07, 6.45) is 0. The fraction of sp³-hybridized carbons (Fsp3) is 0.158. The van der Waals surface area contributed by atoms with Crippen LogP contribution in [0.15, 0.2) is 48.5 Å². The number of ether oxygens (including phenoxy) is 1. The van der Waals surface area contributed by atoms with Crippen LogP contribution in [0.5, 0.6) is 0 Å². The Morgan fingerprint density at radius 1 is 1.17 bits per heavy atom. The van der Waals surface area contributed by atoms with Crippen LogP contribution in [0.3, 0.4) is 0 Å². The maximum Gasteiger partial charge on any atom is 0.269 e. The zero-order chi connectivity index (χ0) is 17.3. The molecule has 1 aliphatic rings. The first-order valence-electron chi connectivity index (χ1n) is 7.62. The van der Waals surface area contributed by atoms with E-state index in [4.69, 9.17) is 4.74 Å². The lowest BCUT2D eigenvalue weighted by Gasteiger charge is -2.13. The SMILES string of the molecule is CCO/C(=C1/C(=O)N(C(C)=O)c2cc(F)ccc21)c1ccccc1. The second kappa shape index (κ2) is 6.28. The largest absolute Gasteiger partial charge is 0.492 e. The molecule has 2 aromatic rings. The molecular weight excluding hydrogens is 309 g/mol. The van der Waals surface area contributed by atoms with Crippen LogP contribution < -0.4 is 4.90 Å². The molecule has 0 saturated heterocycles. The Morgan fingerprint density at radius 3 is 2.50 bits per heavy atom. The van der Waals surface area contributed by atoms with Crippen LogP contribution >= 0.6 is 0 Å². The van der Waals surface area contributed by atoms with Gasteiger partial charge < -0.3 is 4.74 Å². The molecule has 0 spiro atoms. The number of fused-ring (bicyclic) bond motifs is 1. The minimum Gasteiger partial charge on any atom is -0.492 e. The third kappa shape index (κ3) is 2.58. The van der Waals surface area contributed by atoms with E-state index < -0.39 is 17.6 Å². The van der Waals surface area contributed by atoms with Crippen molar-refractivity contribution in [3.63, 3.8) is 0 Å². The van der Waals surface area contributed by atoms with Gasteiger partial charge in [0.2, 0.25) is 5.91 Å². The molecule has 122 valence electrons. The Labute approximate surface area is 139 Å². The third-order valence-corrected chi connectivity index (χ3v) is 3.75. The van der Waals surface area contributed by atoms with Gasteiger partial charge >= 0.3 is 0 Å².